The average molecular weight is 413 g/mol. The third-order valence-electron chi connectivity index (χ3n) is 3.80. The number of carbonyl (C=O) groups is 2. The van der Waals surface area contributed by atoms with E-state index in [1.54, 1.807) is 6.92 Å². The van der Waals surface area contributed by atoms with Gasteiger partial charge in [-0.15, -0.1) is 16.4 Å². The Hall–Kier alpha value is -2.07. The van der Waals surface area contributed by atoms with Gasteiger partial charge in [-0.3, -0.25) is 9.36 Å². The molecule has 0 bridgehead atoms. The van der Waals surface area contributed by atoms with Crippen molar-refractivity contribution in [1.82, 2.24) is 14.8 Å². The lowest BCUT2D eigenvalue weighted by Crippen LogP contribution is -2.19. The predicted molar refractivity (Wildman–Crippen MR) is 107 cm³/mol. The van der Waals surface area contributed by atoms with Gasteiger partial charge in [-0.1, -0.05) is 25.6 Å². The molecule has 0 atom stereocenters. The van der Waals surface area contributed by atoms with E-state index < -0.39 is 5.97 Å². The molecule has 0 spiro atoms. The number of nitrogens with zero attached hydrogens (tertiary/aromatic N) is 2. The van der Waals surface area contributed by atoms with Crippen molar-refractivity contribution in [2.75, 3.05) is 17.7 Å². The Morgan fingerprint density at radius 3 is 2.70 bits per heavy atom. The number of anilines is 1. The number of amides is 1. The molecule has 0 radical (unpaired) electrons. The summed E-state index contributed by atoms with van der Waals surface area (Å²) in [6.07, 6.45) is 1.56. The lowest BCUT2D eigenvalue weighted by molar-refractivity contribution is -0.113. The molecule has 2 heterocycles. The van der Waals surface area contributed by atoms with Crippen molar-refractivity contribution >= 4 is 40.0 Å². The normalized spacial score (nSPS) is 10.8. The first kappa shape index (κ1) is 21.2. The van der Waals surface area contributed by atoms with Crippen LogP contribution >= 0.6 is 23.1 Å². The third kappa shape index (κ3) is 5.01. The van der Waals surface area contributed by atoms with E-state index >= 15 is 0 Å². The molecule has 1 amide bonds. The standard InChI is InChI=1S/C17H24N4O4S2/c1-5-8-21-16(24)19-20-17(21)26-9-12(22)18-14-13(15(23)25-7-3)10(4)11(6-2)27-14/h5-9H2,1-4H3,(H,18,22)(H,19,24). The number of H-pyrrole nitrogens is 1. The van der Waals surface area contributed by atoms with Crippen molar-refractivity contribution in [3.8, 4) is 0 Å². The number of thioether (sulfide) groups is 1. The number of aromatic nitrogens is 3. The Balaban J connectivity index is 2.12. The Labute approximate surface area is 165 Å². The zero-order valence-electron chi connectivity index (χ0n) is 15.9. The van der Waals surface area contributed by atoms with E-state index in [1.807, 2.05) is 20.8 Å². The third-order valence-corrected chi connectivity index (χ3v) is 6.13. The lowest BCUT2D eigenvalue weighted by atomic mass is 10.1. The minimum absolute atomic E-state index is 0.0781. The number of hydrogen-bond donors (Lipinski definition) is 2. The van der Waals surface area contributed by atoms with Gasteiger partial charge < -0.3 is 10.1 Å². The van der Waals surface area contributed by atoms with Crippen LogP contribution in [0.25, 0.3) is 0 Å². The molecule has 27 heavy (non-hydrogen) atoms. The maximum atomic E-state index is 12.4. The van der Waals surface area contributed by atoms with Crippen LogP contribution in [-0.2, 0) is 22.5 Å². The molecule has 2 aromatic rings. The molecule has 0 aliphatic carbocycles. The zero-order valence-corrected chi connectivity index (χ0v) is 17.5. The van der Waals surface area contributed by atoms with Gasteiger partial charge in [-0.2, -0.15) is 0 Å². The van der Waals surface area contributed by atoms with E-state index in [4.69, 9.17) is 4.74 Å². The highest BCUT2D eigenvalue weighted by molar-refractivity contribution is 7.99. The SMILES string of the molecule is CCCn1c(SCC(=O)Nc2sc(CC)c(C)c2C(=O)OCC)n[nH]c1=O. The van der Waals surface area contributed by atoms with Gasteiger partial charge in [-0.25, -0.2) is 14.7 Å². The van der Waals surface area contributed by atoms with E-state index in [0.717, 1.165) is 23.3 Å². The smallest absolute Gasteiger partial charge is 0.343 e. The molecule has 10 heteroatoms. The fourth-order valence-electron chi connectivity index (χ4n) is 2.56. The second-order valence-electron chi connectivity index (χ2n) is 5.73. The summed E-state index contributed by atoms with van der Waals surface area (Å²) in [4.78, 5) is 37.4. The largest absolute Gasteiger partial charge is 0.462 e. The molecular weight excluding hydrogens is 388 g/mol. The summed E-state index contributed by atoms with van der Waals surface area (Å²) >= 11 is 2.56. The van der Waals surface area contributed by atoms with Gasteiger partial charge in [0.25, 0.3) is 0 Å². The second kappa shape index (κ2) is 9.75. The van der Waals surface area contributed by atoms with Gasteiger partial charge in [0, 0.05) is 11.4 Å². The number of ether oxygens (including phenoxy) is 1. The van der Waals surface area contributed by atoms with Crippen LogP contribution in [0.4, 0.5) is 5.00 Å². The van der Waals surface area contributed by atoms with Crippen LogP contribution in [0.3, 0.4) is 0 Å². The molecule has 0 saturated carbocycles. The number of hydrogen-bond acceptors (Lipinski definition) is 7. The minimum atomic E-state index is -0.432. The van der Waals surface area contributed by atoms with Crippen molar-refractivity contribution < 1.29 is 14.3 Å². The van der Waals surface area contributed by atoms with E-state index in [0.29, 0.717) is 22.3 Å². The first-order valence-corrected chi connectivity index (χ1v) is 10.6. The summed E-state index contributed by atoms with van der Waals surface area (Å²) in [6.45, 7) is 8.37. The van der Waals surface area contributed by atoms with Crippen molar-refractivity contribution in [3.05, 3.63) is 26.5 Å². The van der Waals surface area contributed by atoms with E-state index in [1.165, 1.54) is 27.7 Å². The van der Waals surface area contributed by atoms with Crippen molar-refractivity contribution in [2.24, 2.45) is 0 Å². The van der Waals surface area contributed by atoms with Crippen LogP contribution in [0, 0.1) is 6.92 Å². The van der Waals surface area contributed by atoms with Crippen LogP contribution in [0.15, 0.2) is 9.95 Å². The summed E-state index contributed by atoms with van der Waals surface area (Å²) in [7, 11) is 0. The summed E-state index contributed by atoms with van der Waals surface area (Å²) in [5.74, 6) is -0.625. The molecule has 0 saturated heterocycles. The highest BCUT2D eigenvalue weighted by Crippen LogP contribution is 2.34. The topological polar surface area (TPSA) is 106 Å². The second-order valence-corrected chi connectivity index (χ2v) is 7.78. The Morgan fingerprint density at radius 1 is 1.33 bits per heavy atom. The Morgan fingerprint density at radius 2 is 2.07 bits per heavy atom. The minimum Gasteiger partial charge on any atom is -0.462 e. The molecule has 0 aliphatic rings. The number of rotatable bonds is 9. The van der Waals surface area contributed by atoms with Gasteiger partial charge in [-0.05, 0) is 32.3 Å². The molecule has 0 aromatic carbocycles. The zero-order chi connectivity index (χ0) is 20.0. The van der Waals surface area contributed by atoms with Crippen LogP contribution in [0.1, 0.15) is 48.0 Å². The number of carbonyl (C=O) groups excluding carboxylic acids is 2. The van der Waals surface area contributed by atoms with Crippen LogP contribution in [0.5, 0.6) is 0 Å². The Bertz CT molecular complexity index is 869. The maximum Gasteiger partial charge on any atom is 0.343 e. The lowest BCUT2D eigenvalue weighted by Gasteiger charge is -2.07. The number of aromatic amines is 1. The van der Waals surface area contributed by atoms with Crippen LogP contribution in [0.2, 0.25) is 0 Å². The molecule has 2 rings (SSSR count). The molecule has 0 unspecified atom stereocenters. The summed E-state index contributed by atoms with van der Waals surface area (Å²) in [6, 6.07) is 0. The molecule has 2 aromatic heterocycles. The highest BCUT2D eigenvalue weighted by Gasteiger charge is 2.23. The number of thiophene rings is 1. The summed E-state index contributed by atoms with van der Waals surface area (Å²) in [5.41, 5.74) is 0.971. The maximum absolute atomic E-state index is 12.4. The van der Waals surface area contributed by atoms with Gasteiger partial charge >= 0.3 is 11.7 Å². The fourth-order valence-corrected chi connectivity index (χ4v) is 4.48. The molecule has 0 fully saturated rings. The molecular formula is C17H24N4O4S2. The van der Waals surface area contributed by atoms with Gasteiger partial charge in [0.2, 0.25) is 5.91 Å². The molecule has 2 N–H and O–H groups in total. The number of nitrogens with one attached hydrogen (secondary N) is 2. The van der Waals surface area contributed by atoms with Gasteiger partial charge in [0.15, 0.2) is 5.16 Å². The first-order chi connectivity index (χ1) is 12.9. The van der Waals surface area contributed by atoms with Crippen LogP contribution < -0.4 is 11.0 Å². The molecule has 148 valence electrons. The first-order valence-electron chi connectivity index (χ1n) is 8.80. The van der Waals surface area contributed by atoms with Gasteiger partial charge in [0.1, 0.15) is 5.00 Å². The fraction of sp³-hybridized carbons (Fsp3) is 0.529. The number of aryl methyl sites for hydroxylation is 1. The summed E-state index contributed by atoms with van der Waals surface area (Å²) < 4.78 is 6.63. The number of esters is 1. The van der Waals surface area contributed by atoms with E-state index in [9.17, 15) is 14.4 Å². The van der Waals surface area contributed by atoms with E-state index in [2.05, 4.69) is 15.5 Å². The quantitative estimate of drug-likeness (QED) is 0.485. The van der Waals surface area contributed by atoms with Crippen LogP contribution in [-0.4, -0.2) is 39.0 Å². The highest BCUT2D eigenvalue weighted by atomic mass is 32.2. The van der Waals surface area contributed by atoms with Crippen molar-refractivity contribution in [2.45, 2.75) is 52.2 Å². The monoisotopic (exact) mass is 412 g/mol. The average Bonchev–Trinajstić information content (AvgIpc) is 3.13. The van der Waals surface area contributed by atoms with Crippen molar-refractivity contribution in [1.29, 1.82) is 0 Å². The summed E-state index contributed by atoms with van der Waals surface area (Å²) in [5, 5.41) is 10.1. The molecule has 0 aliphatic heterocycles. The Kier molecular flexibility index (Phi) is 7.66. The predicted octanol–water partition coefficient (Wildman–Crippen LogP) is 2.82. The van der Waals surface area contributed by atoms with E-state index in [-0.39, 0.29) is 24.0 Å². The van der Waals surface area contributed by atoms with Gasteiger partial charge in [0.05, 0.1) is 17.9 Å². The molecule has 8 nitrogen and oxygen atoms in total. The van der Waals surface area contributed by atoms with Crippen molar-refractivity contribution in [3.63, 3.8) is 0 Å².